The lowest BCUT2D eigenvalue weighted by Gasteiger charge is -2.32. The lowest BCUT2D eigenvalue weighted by molar-refractivity contribution is -0.265. The lowest BCUT2D eigenvalue weighted by Crippen LogP contribution is -2.51. The van der Waals surface area contributed by atoms with Crippen LogP contribution in [0, 0.1) is 5.82 Å². The molecule has 1 heterocycles. The molecule has 1 aromatic heterocycles. The Morgan fingerprint density at radius 1 is 1.12 bits per heavy atom. The van der Waals surface area contributed by atoms with Crippen LogP contribution in [0.5, 0.6) is 11.5 Å². The molecule has 0 aliphatic heterocycles. The third-order valence-corrected chi connectivity index (χ3v) is 6.38. The van der Waals surface area contributed by atoms with Gasteiger partial charge in [-0.05, 0) is 74.9 Å². The highest BCUT2D eigenvalue weighted by molar-refractivity contribution is 6.31. The van der Waals surface area contributed by atoms with Gasteiger partial charge in [-0.1, -0.05) is 11.6 Å². The molecule has 41 heavy (non-hydrogen) atoms. The highest BCUT2D eigenvalue weighted by Gasteiger charge is 2.56. The Labute approximate surface area is 239 Å². The number of nitrogens with two attached hydrogens (primary N) is 1. The molecule has 222 valence electrons. The van der Waals surface area contributed by atoms with Crippen LogP contribution in [0.3, 0.4) is 0 Å². The average Bonchev–Trinajstić information content (AvgIpc) is 2.90. The molecule has 2 atom stereocenters. The molecule has 13 heteroatoms. The second kappa shape index (κ2) is 12.2. The van der Waals surface area contributed by atoms with Gasteiger partial charge in [-0.2, -0.15) is 13.2 Å². The molecule has 0 spiro atoms. The normalized spacial score (nSPS) is 14.2. The summed E-state index contributed by atoms with van der Waals surface area (Å²) in [5.41, 5.74) is 0.758. The van der Waals surface area contributed by atoms with E-state index in [1.54, 1.807) is 13.8 Å². The highest BCUT2D eigenvalue weighted by Crippen LogP contribution is 2.40. The maximum atomic E-state index is 14.4. The summed E-state index contributed by atoms with van der Waals surface area (Å²) in [7, 11) is 1.30. The van der Waals surface area contributed by atoms with Crippen molar-refractivity contribution in [2.45, 2.75) is 44.2 Å². The SMILES string of the molecule is COc1cc(C(=O)NCC(O)(c2cc(C(C)(C)N)cc(-c3ccc(F)c(Cl)c3)n2)C(F)(F)F)ccc1OC[C@@H](C)O. The van der Waals surface area contributed by atoms with E-state index in [1.807, 2.05) is 0 Å². The number of nitrogens with one attached hydrogen (secondary N) is 1. The Morgan fingerprint density at radius 3 is 2.37 bits per heavy atom. The van der Waals surface area contributed by atoms with E-state index in [2.05, 4.69) is 10.3 Å². The van der Waals surface area contributed by atoms with Gasteiger partial charge >= 0.3 is 6.18 Å². The Hall–Kier alpha value is -3.45. The topological polar surface area (TPSA) is 127 Å². The number of carbonyl (C=O) groups excluding carboxylic acids is 1. The first-order valence-electron chi connectivity index (χ1n) is 12.3. The number of nitrogens with zero attached hydrogens (tertiary/aromatic N) is 1. The van der Waals surface area contributed by atoms with Crippen molar-refractivity contribution in [1.29, 1.82) is 0 Å². The second-order valence-corrected chi connectivity index (χ2v) is 10.5. The van der Waals surface area contributed by atoms with Gasteiger partial charge in [-0.3, -0.25) is 4.79 Å². The second-order valence-electron chi connectivity index (χ2n) is 10.0. The fourth-order valence-corrected chi connectivity index (χ4v) is 3.88. The Morgan fingerprint density at radius 2 is 1.80 bits per heavy atom. The van der Waals surface area contributed by atoms with Crippen molar-refractivity contribution in [1.82, 2.24) is 10.3 Å². The third kappa shape index (κ3) is 7.45. The summed E-state index contributed by atoms with van der Waals surface area (Å²) in [5.74, 6) is -1.38. The van der Waals surface area contributed by atoms with E-state index in [-0.39, 0.29) is 45.5 Å². The minimum Gasteiger partial charge on any atom is -0.493 e. The minimum absolute atomic E-state index is 0.0514. The van der Waals surface area contributed by atoms with E-state index in [0.717, 1.165) is 12.1 Å². The zero-order chi connectivity index (χ0) is 30.8. The fraction of sp³-hybridized carbons (Fsp3) is 0.357. The number of benzene rings is 2. The van der Waals surface area contributed by atoms with Crippen molar-refractivity contribution in [3.63, 3.8) is 0 Å². The predicted octanol–water partition coefficient (Wildman–Crippen LogP) is 4.68. The average molecular weight is 600 g/mol. The smallest absolute Gasteiger partial charge is 0.424 e. The molecule has 5 N–H and O–H groups in total. The zero-order valence-corrected chi connectivity index (χ0v) is 23.4. The van der Waals surface area contributed by atoms with Crippen LogP contribution in [0.4, 0.5) is 17.6 Å². The first-order valence-corrected chi connectivity index (χ1v) is 12.7. The standard InChI is InChI=1S/C28H30ClF4N3O5/c1-15(37)13-41-22-8-6-17(10-23(22)40-4)25(38)35-14-27(39,28(31,32)33)24-12-18(26(2,3)34)11-21(36-24)16-5-7-20(30)19(29)9-16/h5-12,15,37,39H,13-14,34H2,1-4H3,(H,35,38)/t15-,27?/m1/s1. The number of amides is 1. The third-order valence-electron chi connectivity index (χ3n) is 6.09. The molecular formula is C28H30ClF4N3O5. The number of aliphatic hydroxyl groups is 2. The number of alkyl halides is 3. The van der Waals surface area contributed by atoms with Crippen LogP contribution in [-0.2, 0) is 11.1 Å². The Balaban J connectivity index is 2.00. The van der Waals surface area contributed by atoms with Gasteiger partial charge in [0, 0.05) is 16.7 Å². The number of halogens is 5. The molecule has 0 bridgehead atoms. The predicted molar refractivity (Wildman–Crippen MR) is 144 cm³/mol. The molecule has 3 rings (SSSR count). The minimum atomic E-state index is -5.29. The highest BCUT2D eigenvalue weighted by atomic mass is 35.5. The molecule has 0 aliphatic rings. The summed E-state index contributed by atoms with van der Waals surface area (Å²) >= 11 is 5.87. The van der Waals surface area contributed by atoms with Crippen molar-refractivity contribution in [2.24, 2.45) is 5.73 Å². The van der Waals surface area contributed by atoms with Crippen LogP contribution in [0.1, 0.15) is 42.4 Å². The molecule has 0 fully saturated rings. The molecule has 3 aromatic rings. The van der Waals surface area contributed by atoms with Gasteiger partial charge in [0.1, 0.15) is 12.4 Å². The largest absolute Gasteiger partial charge is 0.493 e. The van der Waals surface area contributed by atoms with Gasteiger partial charge < -0.3 is 30.7 Å². The number of carbonyl (C=O) groups is 1. The van der Waals surface area contributed by atoms with Gasteiger partial charge in [0.05, 0.1) is 36.2 Å². The molecule has 8 nitrogen and oxygen atoms in total. The molecule has 0 saturated heterocycles. The number of aromatic nitrogens is 1. The summed E-state index contributed by atoms with van der Waals surface area (Å²) in [6, 6.07) is 9.80. The van der Waals surface area contributed by atoms with Crippen molar-refractivity contribution < 1.29 is 42.0 Å². The maximum absolute atomic E-state index is 14.4. The number of methoxy groups -OCH3 is 1. The Kier molecular flexibility index (Phi) is 9.54. The maximum Gasteiger partial charge on any atom is 0.424 e. The van der Waals surface area contributed by atoms with E-state index in [0.29, 0.717) is 0 Å². The zero-order valence-electron chi connectivity index (χ0n) is 22.6. The van der Waals surface area contributed by atoms with Crippen molar-refractivity contribution in [3.05, 3.63) is 76.2 Å². The van der Waals surface area contributed by atoms with Crippen molar-refractivity contribution in [3.8, 4) is 22.8 Å². The summed E-state index contributed by atoms with van der Waals surface area (Å²) in [6.07, 6.45) is -6.07. The van der Waals surface area contributed by atoms with Crippen molar-refractivity contribution >= 4 is 17.5 Å². The van der Waals surface area contributed by atoms with Gasteiger partial charge in [-0.25, -0.2) is 9.37 Å². The van der Waals surface area contributed by atoms with Crippen LogP contribution >= 0.6 is 11.6 Å². The first-order chi connectivity index (χ1) is 19.0. The quantitative estimate of drug-likeness (QED) is 0.249. The van der Waals surface area contributed by atoms with Gasteiger partial charge in [0.25, 0.3) is 5.91 Å². The lowest BCUT2D eigenvalue weighted by atomic mass is 9.89. The van der Waals surface area contributed by atoms with Gasteiger partial charge in [-0.15, -0.1) is 0 Å². The summed E-state index contributed by atoms with van der Waals surface area (Å²) in [4.78, 5) is 16.9. The van der Waals surface area contributed by atoms with E-state index in [4.69, 9.17) is 26.8 Å². The first kappa shape index (κ1) is 32.1. The molecule has 1 amide bonds. The van der Waals surface area contributed by atoms with E-state index >= 15 is 0 Å². The van der Waals surface area contributed by atoms with Crippen LogP contribution in [0.2, 0.25) is 5.02 Å². The van der Waals surface area contributed by atoms with E-state index in [9.17, 15) is 32.6 Å². The molecule has 0 aliphatic carbocycles. The Bertz CT molecular complexity index is 1410. The number of hydrogen-bond acceptors (Lipinski definition) is 7. The van der Waals surface area contributed by atoms with Crippen LogP contribution in [-0.4, -0.2) is 53.6 Å². The van der Waals surface area contributed by atoms with Gasteiger partial charge in [0.15, 0.2) is 11.5 Å². The summed E-state index contributed by atoms with van der Waals surface area (Å²) in [5, 5.41) is 22.3. The van der Waals surface area contributed by atoms with Gasteiger partial charge in [0.2, 0.25) is 5.60 Å². The molecule has 2 aromatic carbocycles. The molecule has 0 saturated carbocycles. The van der Waals surface area contributed by atoms with Crippen molar-refractivity contribution in [2.75, 3.05) is 20.3 Å². The fourth-order valence-electron chi connectivity index (χ4n) is 3.70. The summed E-state index contributed by atoms with van der Waals surface area (Å²) in [6.45, 7) is 3.24. The summed E-state index contributed by atoms with van der Waals surface area (Å²) < 4.78 is 67.6. The van der Waals surface area contributed by atoms with Crippen LogP contribution in [0.15, 0.2) is 48.5 Å². The van der Waals surface area contributed by atoms with E-state index in [1.165, 1.54) is 50.4 Å². The van der Waals surface area contributed by atoms with Crippen LogP contribution < -0.4 is 20.5 Å². The molecular weight excluding hydrogens is 570 g/mol. The number of aliphatic hydroxyl groups excluding tert-OH is 1. The monoisotopic (exact) mass is 599 g/mol. The molecule has 0 radical (unpaired) electrons. The van der Waals surface area contributed by atoms with E-state index < -0.39 is 47.4 Å². The van der Waals surface area contributed by atoms with Crippen LogP contribution in [0.25, 0.3) is 11.3 Å². The molecule has 1 unspecified atom stereocenters. The number of ether oxygens (including phenoxy) is 2. The number of rotatable bonds is 10. The number of hydrogen-bond donors (Lipinski definition) is 4. The number of pyridine rings is 1.